The van der Waals surface area contributed by atoms with E-state index in [1.54, 1.807) is 0 Å². The second-order valence-corrected chi connectivity index (χ2v) is 4.16. The molecule has 0 radical (unpaired) electrons. The molecule has 0 atom stereocenters. The summed E-state index contributed by atoms with van der Waals surface area (Å²) in [5, 5.41) is 0. The molecule has 0 aliphatic heterocycles. The van der Waals surface area contributed by atoms with Crippen molar-refractivity contribution in [3.05, 3.63) is 18.3 Å². The molecule has 1 rings (SSSR count). The van der Waals surface area contributed by atoms with E-state index >= 15 is 0 Å². The third-order valence-corrected chi connectivity index (χ3v) is 3.12. The minimum Gasteiger partial charge on any atom is -0.357 e. The maximum absolute atomic E-state index is 13.0. The van der Waals surface area contributed by atoms with Crippen LogP contribution in [-0.2, 0) is 0 Å². The van der Waals surface area contributed by atoms with Crippen LogP contribution in [0.5, 0.6) is 0 Å². The van der Waals surface area contributed by atoms with Crippen LogP contribution in [-0.4, -0.2) is 47.6 Å². The molecule has 5 heteroatoms. The van der Waals surface area contributed by atoms with Gasteiger partial charge in [-0.05, 0) is 33.0 Å². The van der Waals surface area contributed by atoms with Crippen LogP contribution in [0.15, 0.2) is 12.4 Å². The van der Waals surface area contributed by atoms with Crippen molar-refractivity contribution in [1.82, 2.24) is 14.9 Å². The molecule has 18 heavy (non-hydrogen) atoms. The highest BCUT2D eigenvalue weighted by molar-refractivity contribution is 5.36. The summed E-state index contributed by atoms with van der Waals surface area (Å²) in [4.78, 5) is 12.0. The second-order valence-electron chi connectivity index (χ2n) is 4.16. The van der Waals surface area contributed by atoms with Gasteiger partial charge in [-0.15, -0.1) is 0 Å². The van der Waals surface area contributed by atoms with Crippen molar-refractivity contribution in [2.45, 2.75) is 27.2 Å². The van der Waals surface area contributed by atoms with Crippen molar-refractivity contribution in [2.75, 3.05) is 37.6 Å². The van der Waals surface area contributed by atoms with Crippen LogP contribution in [0.4, 0.5) is 10.2 Å². The molecule has 0 bridgehead atoms. The lowest BCUT2D eigenvalue weighted by atomic mass is 10.3. The lowest BCUT2D eigenvalue weighted by Gasteiger charge is -2.24. The molecule has 4 nitrogen and oxygen atoms in total. The Morgan fingerprint density at radius 2 is 1.78 bits per heavy atom. The van der Waals surface area contributed by atoms with E-state index in [9.17, 15) is 4.39 Å². The number of halogens is 1. The maximum Gasteiger partial charge on any atom is 0.218 e. The maximum atomic E-state index is 13.0. The molecule has 0 spiro atoms. The summed E-state index contributed by atoms with van der Waals surface area (Å²) in [6.45, 7) is 11.3. The summed E-state index contributed by atoms with van der Waals surface area (Å²) in [7, 11) is 0. The number of aromatic nitrogens is 2. The summed E-state index contributed by atoms with van der Waals surface area (Å²) in [5.74, 6) is 0.201. The lowest BCUT2D eigenvalue weighted by Crippen LogP contribution is -2.30. The molecule has 1 heterocycles. The average molecular weight is 254 g/mol. The zero-order chi connectivity index (χ0) is 13.4. The highest BCUT2D eigenvalue weighted by atomic mass is 19.1. The molecule has 102 valence electrons. The molecule has 0 aliphatic carbocycles. The first-order valence-electron chi connectivity index (χ1n) is 6.66. The third kappa shape index (κ3) is 4.56. The minimum absolute atomic E-state index is 0.470. The van der Waals surface area contributed by atoms with Crippen LogP contribution in [0.1, 0.15) is 27.2 Å². The Kier molecular flexibility index (Phi) is 6.57. The molecule has 0 N–H and O–H groups in total. The summed E-state index contributed by atoms with van der Waals surface area (Å²) in [6.07, 6.45) is 2.33. The first-order valence-corrected chi connectivity index (χ1v) is 6.66. The molecule has 0 unspecified atom stereocenters. The number of nitrogens with zero attached hydrogens (tertiary/aromatic N) is 4. The molecule has 0 saturated carbocycles. The summed E-state index contributed by atoms with van der Waals surface area (Å²) in [6, 6.07) is 1.39. The molecule has 0 aromatic carbocycles. The van der Waals surface area contributed by atoms with E-state index in [1.165, 1.54) is 12.4 Å². The van der Waals surface area contributed by atoms with Gasteiger partial charge in [0.1, 0.15) is 12.1 Å². The van der Waals surface area contributed by atoms with Crippen LogP contribution in [0.25, 0.3) is 0 Å². The SMILES string of the molecule is CCN(CC)CCCN(CC)c1cc(F)ncn1. The van der Waals surface area contributed by atoms with E-state index in [4.69, 9.17) is 0 Å². The van der Waals surface area contributed by atoms with E-state index in [-0.39, 0.29) is 0 Å². The molecular formula is C13H23FN4. The van der Waals surface area contributed by atoms with E-state index in [1.807, 2.05) is 0 Å². The van der Waals surface area contributed by atoms with E-state index in [2.05, 4.69) is 40.5 Å². The van der Waals surface area contributed by atoms with Crippen LogP contribution < -0.4 is 4.90 Å². The molecule has 1 aromatic heterocycles. The highest BCUT2D eigenvalue weighted by Gasteiger charge is 2.07. The Morgan fingerprint density at radius 1 is 1.06 bits per heavy atom. The Bertz CT molecular complexity index is 342. The van der Waals surface area contributed by atoms with Crippen molar-refractivity contribution in [3.8, 4) is 0 Å². The predicted molar refractivity (Wildman–Crippen MR) is 72.3 cm³/mol. The normalized spacial score (nSPS) is 10.9. The lowest BCUT2D eigenvalue weighted by molar-refractivity contribution is 0.300. The van der Waals surface area contributed by atoms with Gasteiger partial charge in [0.2, 0.25) is 5.95 Å². The smallest absolute Gasteiger partial charge is 0.218 e. The van der Waals surface area contributed by atoms with E-state index in [0.29, 0.717) is 5.82 Å². The summed E-state index contributed by atoms with van der Waals surface area (Å²) < 4.78 is 13.0. The van der Waals surface area contributed by atoms with Crippen molar-refractivity contribution < 1.29 is 4.39 Å². The van der Waals surface area contributed by atoms with Gasteiger partial charge < -0.3 is 9.80 Å². The molecule has 1 aromatic rings. The topological polar surface area (TPSA) is 32.3 Å². The van der Waals surface area contributed by atoms with Crippen molar-refractivity contribution in [1.29, 1.82) is 0 Å². The Hall–Kier alpha value is -1.23. The van der Waals surface area contributed by atoms with Gasteiger partial charge in [0.05, 0.1) is 0 Å². The van der Waals surface area contributed by atoms with Gasteiger partial charge in [0, 0.05) is 19.2 Å². The van der Waals surface area contributed by atoms with Crippen LogP contribution in [0.3, 0.4) is 0 Å². The van der Waals surface area contributed by atoms with Gasteiger partial charge in [0.15, 0.2) is 0 Å². The molecule has 0 saturated heterocycles. The Morgan fingerprint density at radius 3 is 2.33 bits per heavy atom. The Labute approximate surface area is 109 Å². The summed E-state index contributed by atoms with van der Waals surface area (Å²) in [5.41, 5.74) is 0. The molecule has 0 aliphatic rings. The predicted octanol–water partition coefficient (Wildman–Crippen LogP) is 2.17. The van der Waals surface area contributed by atoms with E-state index < -0.39 is 5.95 Å². The van der Waals surface area contributed by atoms with Crippen molar-refractivity contribution in [3.63, 3.8) is 0 Å². The van der Waals surface area contributed by atoms with Gasteiger partial charge in [-0.1, -0.05) is 13.8 Å². The first kappa shape index (κ1) is 14.8. The van der Waals surface area contributed by atoms with Crippen LogP contribution >= 0.6 is 0 Å². The van der Waals surface area contributed by atoms with Crippen molar-refractivity contribution in [2.24, 2.45) is 0 Å². The fourth-order valence-electron chi connectivity index (χ4n) is 1.96. The van der Waals surface area contributed by atoms with Crippen LogP contribution in [0, 0.1) is 5.95 Å². The van der Waals surface area contributed by atoms with Gasteiger partial charge >= 0.3 is 0 Å². The number of hydrogen-bond acceptors (Lipinski definition) is 4. The molecular weight excluding hydrogens is 231 g/mol. The largest absolute Gasteiger partial charge is 0.357 e. The second kappa shape index (κ2) is 7.97. The van der Waals surface area contributed by atoms with Gasteiger partial charge in [0.25, 0.3) is 0 Å². The summed E-state index contributed by atoms with van der Waals surface area (Å²) >= 11 is 0. The fraction of sp³-hybridized carbons (Fsp3) is 0.692. The number of rotatable bonds is 8. The highest BCUT2D eigenvalue weighted by Crippen LogP contribution is 2.10. The van der Waals surface area contributed by atoms with Gasteiger partial charge in [-0.2, -0.15) is 4.39 Å². The number of hydrogen-bond donors (Lipinski definition) is 0. The quantitative estimate of drug-likeness (QED) is 0.666. The average Bonchev–Trinajstić information content (AvgIpc) is 2.39. The first-order chi connectivity index (χ1) is 8.71. The third-order valence-electron chi connectivity index (χ3n) is 3.12. The monoisotopic (exact) mass is 254 g/mol. The Balaban J connectivity index is 2.47. The van der Waals surface area contributed by atoms with Crippen molar-refractivity contribution >= 4 is 5.82 Å². The standard InChI is InChI=1S/C13H23FN4/c1-4-17(5-2)8-7-9-18(6-3)13-10-12(14)15-11-16-13/h10-11H,4-9H2,1-3H3. The minimum atomic E-state index is -0.470. The van der Waals surface area contributed by atoms with Crippen LogP contribution in [0.2, 0.25) is 0 Å². The fourth-order valence-corrected chi connectivity index (χ4v) is 1.96. The number of anilines is 1. The molecule has 0 fully saturated rings. The van der Waals surface area contributed by atoms with E-state index in [0.717, 1.165) is 39.1 Å². The molecule has 0 amide bonds. The zero-order valence-corrected chi connectivity index (χ0v) is 11.6. The van der Waals surface area contributed by atoms with Gasteiger partial charge in [-0.25, -0.2) is 9.97 Å². The zero-order valence-electron chi connectivity index (χ0n) is 11.6. The van der Waals surface area contributed by atoms with Gasteiger partial charge in [-0.3, -0.25) is 0 Å².